The van der Waals surface area contributed by atoms with Crippen molar-refractivity contribution in [3.63, 3.8) is 0 Å². The molecule has 3 rings (SSSR count). The zero-order chi connectivity index (χ0) is 18.5. The molecular formula is C20H22BrNO4. The number of rotatable bonds is 6. The monoisotopic (exact) mass is 419 g/mol. The number of methoxy groups -OCH3 is 1. The van der Waals surface area contributed by atoms with E-state index < -0.39 is 0 Å². The number of ether oxygens (including phenoxy) is 3. The van der Waals surface area contributed by atoms with Gasteiger partial charge in [0.2, 0.25) is 5.91 Å². The van der Waals surface area contributed by atoms with E-state index in [0.29, 0.717) is 26.0 Å². The van der Waals surface area contributed by atoms with Gasteiger partial charge in [-0.3, -0.25) is 4.79 Å². The molecule has 0 fully saturated rings. The topological polar surface area (TPSA) is 48.0 Å². The summed E-state index contributed by atoms with van der Waals surface area (Å²) in [5.41, 5.74) is 1.09. The van der Waals surface area contributed by atoms with E-state index in [1.807, 2.05) is 42.5 Å². The average molecular weight is 420 g/mol. The Balaban J connectivity index is 1.50. The summed E-state index contributed by atoms with van der Waals surface area (Å²) < 4.78 is 17.7. The summed E-state index contributed by atoms with van der Waals surface area (Å²) in [7, 11) is 3.43. The molecule has 1 aliphatic rings. The highest BCUT2D eigenvalue weighted by Gasteiger charge is 2.23. The molecule has 1 atom stereocenters. The van der Waals surface area contributed by atoms with Crippen molar-refractivity contribution in [3.05, 3.63) is 52.5 Å². The molecule has 0 aliphatic carbocycles. The molecule has 0 saturated heterocycles. The summed E-state index contributed by atoms with van der Waals surface area (Å²) in [5.74, 6) is 2.35. The molecule has 1 amide bonds. The van der Waals surface area contributed by atoms with Gasteiger partial charge in [-0.15, -0.1) is 0 Å². The van der Waals surface area contributed by atoms with Crippen molar-refractivity contribution < 1.29 is 19.0 Å². The maximum absolute atomic E-state index is 12.4. The van der Waals surface area contributed by atoms with E-state index in [0.717, 1.165) is 27.3 Å². The predicted molar refractivity (Wildman–Crippen MR) is 103 cm³/mol. The van der Waals surface area contributed by atoms with Crippen LogP contribution in [0.5, 0.6) is 17.2 Å². The van der Waals surface area contributed by atoms with E-state index in [2.05, 4.69) is 15.9 Å². The fourth-order valence-corrected chi connectivity index (χ4v) is 3.46. The van der Waals surface area contributed by atoms with Gasteiger partial charge in [0.1, 0.15) is 12.4 Å². The largest absolute Gasteiger partial charge is 0.496 e. The molecule has 2 aromatic rings. The first-order chi connectivity index (χ1) is 12.6. The molecule has 1 heterocycles. The Bertz CT molecular complexity index is 780. The van der Waals surface area contributed by atoms with E-state index >= 15 is 0 Å². The third-order valence-corrected chi connectivity index (χ3v) is 4.93. The van der Waals surface area contributed by atoms with Crippen molar-refractivity contribution >= 4 is 21.8 Å². The second-order valence-electron chi connectivity index (χ2n) is 6.24. The van der Waals surface area contributed by atoms with Gasteiger partial charge in [0.15, 0.2) is 17.6 Å². The van der Waals surface area contributed by atoms with Gasteiger partial charge in [0, 0.05) is 13.5 Å². The lowest BCUT2D eigenvalue weighted by Gasteiger charge is -2.29. The summed E-state index contributed by atoms with van der Waals surface area (Å²) in [4.78, 5) is 14.1. The van der Waals surface area contributed by atoms with Crippen LogP contribution in [0.2, 0.25) is 0 Å². The fraction of sp³-hybridized carbons (Fsp3) is 0.350. The van der Waals surface area contributed by atoms with E-state index in [-0.39, 0.29) is 12.0 Å². The first-order valence-corrected chi connectivity index (χ1v) is 9.31. The lowest BCUT2D eigenvalue weighted by atomic mass is 10.1. The minimum atomic E-state index is -0.158. The van der Waals surface area contributed by atoms with Gasteiger partial charge >= 0.3 is 0 Å². The van der Waals surface area contributed by atoms with E-state index in [1.54, 1.807) is 19.1 Å². The Morgan fingerprint density at radius 3 is 2.77 bits per heavy atom. The molecule has 5 nitrogen and oxygen atoms in total. The number of benzene rings is 2. The molecule has 26 heavy (non-hydrogen) atoms. The highest BCUT2D eigenvalue weighted by molar-refractivity contribution is 9.10. The molecule has 0 spiro atoms. The van der Waals surface area contributed by atoms with Gasteiger partial charge in [-0.25, -0.2) is 0 Å². The Morgan fingerprint density at radius 2 is 2.04 bits per heavy atom. The molecule has 1 aliphatic heterocycles. The first-order valence-electron chi connectivity index (χ1n) is 8.51. The van der Waals surface area contributed by atoms with E-state index in [9.17, 15) is 4.79 Å². The van der Waals surface area contributed by atoms with Crippen LogP contribution in [0.4, 0.5) is 0 Å². The quantitative estimate of drug-likeness (QED) is 0.716. The zero-order valence-electron chi connectivity index (χ0n) is 14.9. The zero-order valence-corrected chi connectivity index (χ0v) is 16.5. The Labute approximate surface area is 162 Å². The van der Waals surface area contributed by atoms with Crippen molar-refractivity contribution in [2.24, 2.45) is 0 Å². The number of hydrogen-bond donors (Lipinski definition) is 0. The molecule has 0 saturated carbocycles. The molecule has 2 aromatic carbocycles. The second kappa shape index (κ2) is 8.45. The van der Waals surface area contributed by atoms with Gasteiger partial charge < -0.3 is 19.1 Å². The third kappa shape index (κ3) is 4.49. The Kier molecular flexibility index (Phi) is 6.04. The minimum absolute atomic E-state index is 0.0828. The molecule has 1 unspecified atom stereocenters. The van der Waals surface area contributed by atoms with Gasteiger partial charge in [0.25, 0.3) is 0 Å². The molecule has 138 valence electrons. The number of carbonyl (C=O) groups excluding carboxylic acids is 1. The molecule has 6 heteroatoms. The third-order valence-electron chi connectivity index (χ3n) is 4.31. The lowest BCUT2D eigenvalue weighted by Crippen LogP contribution is -2.41. The van der Waals surface area contributed by atoms with Crippen molar-refractivity contribution in [1.29, 1.82) is 0 Å². The number of para-hydroxylation sites is 2. The maximum atomic E-state index is 12.4. The summed E-state index contributed by atoms with van der Waals surface area (Å²) in [5, 5.41) is 0. The number of hydrogen-bond acceptors (Lipinski definition) is 4. The first kappa shape index (κ1) is 18.6. The van der Waals surface area contributed by atoms with Crippen LogP contribution in [0.15, 0.2) is 46.9 Å². The van der Waals surface area contributed by atoms with Gasteiger partial charge in [-0.05, 0) is 52.2 Å². The molecule has 0 N–H and O–H groups in total. The van der Waals surface area contributed by atoms with Gasteiger partial charge in [-0.2, -0.15) is 0 Å². The number of halogens is 1. The summed E-state index contributed by atoms with van der Waals surface area (Å²) in [6, 6.07) is 13.5. The van der Waals surface area contributed by atoms with Crippen LogP contribution in [0, 0.1) is 0 Å². The van der Waals surface area contributed by atoms with Crippen molar-refractivity contribution in [1.82, 2.24) is 4.90 Å². The van der Waals surface area contributed by atoms with Crippen LogP contribution >= 0.6 is 15.9 Å². The van der Waals surface area contributed by atoms with Crippen molar-refractivity contribution in [2.75, 3.05) is 27.3 Å². The number of amides is 1. The number of fused-ring (bicyclic) bond motifs is 1. The van der Waals surface area contributed by atoms with Crippen LogP contribution in [0.25, 0.3) is 0 Å². The standard InChI is InChI=1S/C20H22BrNO4/c1-22(12-15-13-25-18-5-3-4-6-19(18)26-15)20(23)10-8-14-7-9-17(24-2)16(21)11-14/h3-7,9,11,15H,8,10,12-13H2,1-2H3. The predicted octanol–water partition coefficient (Wildman–Crippen LogP) is 3.69. The molecule has 0 radical (unpaired) electrons. The Morgan fingerprint density at radius 1 is 1.27 bits per heavy atom. The SMILES string of the molecule is COc1ccc(CCC(=O)N(C)CC2COc3ccccc3O2)cc1Br. The Hall–Kier alpha value is -2.21. The number of carbonyl (C=O) groups is 1. The van der Waals surface area contributed by atoms with Crippen molar-refractivity contribution in [2.45, 2.75) is 18.9 Å². The molecule has 0 bridgehead atoms. The van der Waals surface area contributed by atoms with Gasteiger partial charge in [0.05, 0.1) is 18.1 Å². The highest BCUT2D eigenvalue weighted by Crippen LogP contribution is 2.31. The minimum Gasteiger partial charge on any atom is -0.496 e. The van der Waals surface area contributed by atoms with E-state index in [1.165, 1.54) is 0 Å². The lowest BCUT2D eigenvalue weighted by molar-refractivity contribution is -0.131. The van der Waals surface area contributed by atoms with Crippen LogP contribution < -0.4 is 14.2 Å². The van der Waals surface area contributed by atoms with Crippen LogP contribution in [-0.4, -0.2) is 44.2 Å². The second-order valence-corrected chi connectivity index (χ2v) is 7.10. The fourth-order valence-electron chi connectivity index (χ4n) is 2.87. The summed E-state index contributed by atoms with van der Waals surface area (Å²) in [6.45, 7) is 0.944. The van der Waals surface area contributed by atoms with Gasteiger partial charge in [-0.1, -0.05) is 18.2 Å². The average Bonchev–Trinajstić information content (AvgIpc) is 2.66. The number of likely N-dealkylation sites (N-methyl/N-ethyl adjacent to an activating group) is 1. The van der Waals surface area contributed by atoms with E-state index in [4.69, 9.17) is 14.2 Å². The summed E-state index contributed by atoms with van der Waals surface area (Å²) in [6.07, 6.45) is 0.963. The maximum Gasteiger partial charge on any atom is 0.222 e. The summed E-state index contributed by atoms with van der Waals surface area (Å²) >= 11 is 3.47. The number of aryl methyl sites for hydroxylation is 1. The van der Waals surface area contributed by atoms with Crippen molar-refractivity contribution in [3.8, 4) is 17.2 Å². The normalized spacial score (nSPS) is 15.4. The van der Waals surface area contributed by atoms with Crippen LogP contribution in [0.3, 0.4) is 0 Å². The van der Waals surface area contributed by atoms with Crippen LogP contribution in [0.1, 0.15) is 12.0 Å². The molecular weight excluding hydrogens is 398 g/mol. The number of nitrogens with zero attached hydrogens (tertiary/aromatic N) is 1. The van der Waals surface area contributed by atoms with Crippen LogP contribution in [-0.2, 0) is 11.2 Å². The highest BCUT2D eigenvalue weighted by atomic mass is 79.9. The smallest absolute Gasteiger partial charge is 0.222 e. The molecule has 0 aromatic heterocycles.